The summed E-state index contributed by atoms with van der Waals surface area (Å²) >= 11 is 1.13. The first-order valence-electron chi connectivity index (χ1n) is 8.64. The zero-order valence-corrected chi connectivity index (χ0v) is 16.2. The van der Waals surface area contributed by atoms with Gasteiger partial charge in [0.25, 0.3) is 0 Å². The molecule has 1 saturated carbocycles. The van der Waals surface area contributed by atoms with Gasteiger partial charge in [0.1, 0.15) is 5.60 Å². The second-order valence-electron chi connectivity index (χ2n) is 7.17. The molecule has 5 nitrogen and oxygen atoms in total. The predicted molar refractivity (Wildman–Crippen MR) is 103 cm³/mol. The van der Waals surface area contributed by atoms with Gasteiger partial charge in [0.05, 0.1) is 17.4 Å². The fraction of sp³-hybridized carbons (Fsp3) is 0.450. The van der Waals surface area contributed by atoms with Crippen molar-refractivity contribution in [3.8, 4) is 0 Å². The molecule has 1 aliphatic rings. The average molecular weight is 375 g/mol. The van der Waals surface area contributed by atoms with Crippen molar-refractivity contribution in [2.45, 2.75) is 51.8 Å². The van der Waals surface area contributed by atoms with E-state index in [0.29, 0.717) is 19.4 Å². The molecule has 1 unspecified atom stereocenters. The second kappa shape index (κ2) is 9.14. The minimum Gasteiger partial charge on any atom is -0.459 e. The number of esters is 1. The Hall–Kier alpha value is -1.92. The van der Waals surface area contributed by atoms with Crippen LogP contribution in [0.5, 0.6) is 0 Å². The lowest BCUT2D eigenvalue weighted by molar-refractivity contribution is -0.151. The van der Waals surface area contributed by atoms with E-state index in [-0.39, 0.29) is 34.9 Å². The molecule has 0 amide bonds. The first kappa shape index (κ1) is 20.4. The molecule has 1 aliphatic carbocycles. The number of thioether (sulfide) groups is 1. The number of Topliss-reactive ketones (excluding diaryl/α,β-unsaturated/α-hetero) is 2. The molecule has 1 fully saturated rings. The number of rotatable bonds is 6. The molecule has 0 aromatic heterocycles. The molecular formula is C20H25NO4S. The Balaban J connectivity index is 1.91. The van der Waals surface area contributed by atoms with E-state index in [2.05, 4.69) is 5.32 Å². The summed E-state index contributed by atoms with van der Waals surface area (Å²) in [6, 6.07) is 9.43. The molecule has 0 heterocycles. The summed E-state index contributed by atoms with van der Waals surface area (Å²) in [6.45, 7) is 5.96. The molecule has 2 rings (SSSR count). The number of carbonyl (C=O) groups is 3. The Morgan fingerprint density at radius 1 is 1.27 bits per heavy atom. The molecule has 1 atom stereocenters. The number of hydrogen-bond donors (Lipinski definition) is 1. The van der Waals surface area contributed by atoms with Gasteiger partial charge in [-0.2, -0.15) is 0 Å². The molecule has 1 N–H and O–H groups in total. The van der Waals surface area contributed by atoms with Gasteiger partial charge in [-0.1, -0.05) is 30.3 Å². The summed E-state index contributed by atoms with van der Waals surface area (Å²) in [4.78, 5) is 36.4. The molecule has 0 bridgehead atoms. The van der Waals surface area contributed by atoms with Crippen molar-refractivity contribution in [3.05, 3.63) is 46.9 Å². The highest BCUT2D eigenvalue weighted by Gasteiger charge is 2.31. The second-order valence-corrected chi connectivity index (χ2v) is 8.03. The van der Waals surface area contributed by atoms with Crippen LogP contribution in [0.1, 0.15) is 39.2 Å². The zero-order chi connectivity index (χ0) is 19.2. The normalized spacial score (nSPS) is 19.7. The Morgan fingerprint density at radius 3 is 2.62 bits per heavy atom. The van der Waals surface area contributed by atoms with Crippen molar-refractivity contribution >= 4 is 29.3 Å². The van der Waals surface area contributed by atoms with Crippen molar-refractivity contribution in [2.75, 3.05) is 5.75 Å². The van der Waals surface area contributed by atoms with Crippen LogP contribution in [-0.4, -0.2) is 34.9 Å². The van der Waals surface area contributed by atoms with E-state index in [1.807, 2.05) is 30.3 Å². The van der Waals surface area contributed by atoms with Gasteiger partial charge in [-0.05, 0) is 38.2 Å². The number of nitrogens with one attached hydrogen (secondary N) is 1. The van der Waals surface area contributed by atoms with Gasteiger partial charge in [-0.25, -0.2) is 0 Å². The van der Waals surface area contributed by atoms with Crippen molar-refractivity contribution in [1.29, 1.82) is 0 Å². The molecule has 0 aliphatic heterocycles. The number of benzene rings is 1. The molecule has 0 spiro atoms. The van der Waals surface area contributed by atoms with Crippen LogP contribution in [0.25, 0.3) is 0 Å². The Labute approximate surface area is 158 Å². The quantitative estimate of drug-likeness (QED) is 0.468. The van der Waals surface area contributed by atoms with Crippen molar-refractivity contribution < 1.29 is 19.1 Å². The largest absolute Gasteiger partial charge is 0.459 e. The topological polar surface area (TPSA) is 72.5 Å². The van der Waals surface area contributed by atoms with Crippen LogP contribution in [-0.2, 0) is 25.7 Å². The summed E-state index contributed by atoms with van der Waals surface area (Å²) in [5.74, 6) is -0.657. The average Bonchev–Trinajstić information content (AvgIpc) is 2.56. The number of ether oxygens (including phenoxy) is 1. The SMILES string of the molecule is CC(C)(C)OC(=O)CSC=C1C(=O)CCC(NCc2ccccc2)C1=O. The highest BCUT2D eigenvalue weighted by molar-refractivity contribution is 8.02. The molecule has 140 valence electrons. The monoisotopic (exact) mass is 375 g/mol. The van der Waals surface area contributed by atoms with Crippen LogP contribution in [0, 0.1) is 0 Å². The van der Waals surface area contributed by atoms with E-state index in [1.165, 1.54) is 5.41 Å². The van der Waals surface area contributed by atoms with Crippen LogP contribution in [0.3, 0.4) is 0 Å². The highest BCUT2D eigenvalue weighted by atomic mass is 32.2. The van der Waals surface area contributed by atoms with E-state index in [4.69, 9.17) is 4.74 Å². The van der Waals surface area contributed by atoms with E-state index in [0.717, 1.165) is 17.3 Å². The summed E-state index contributed by atoms with van der Waals surface area (Å²) in [7, 11) is 0. The van der Waals surface area contributed by atoms with E-state index >= 15 is 0 Å². The van der Waals surface area contributed by atoms with E-state index in [9.17, 15) is 14.4 Å². The molecule has 6 heteroatoms. The maximum Gasteiger partial charge on any atom is 0.316 e. The van der Waals surface area contributed by atoms with Crippen LogP contribution in [0.2, 0.25) is 0 Å². The minimum atomic E-state index is -0.548. The smallest absolute Gasteiger partial charge is 0.316 e. The van der Waals surface area contributed by atoms with Gasteiger partial charge in [0.15, 0.2) is 11.6 Å². The first-order valence-corrected chi connectivity index (χ1v) is 9.69. The maximum absolute atomic E-state index is 12.6. The van der Waals surface area contributed by atoms with Gasteiger partial charge in [-0.3, -0.25) is 14.4 Å². The molecule has 1 aromatic rings. The van der Waals surface area contributed by atoms with Crippen molar-refractivity contribution in [3.63, 3.8) is 0 Å². The summed E-state index contributed by atoms with van der Waals surface area (Å²) < 4.78 is 5.22. The standard InChI is InChI=1S/C20H25NO4S/c1-20(2,3)25-18(23)13-26-12-15-17(22)10-9-16(19(15)24)21-11-14-7-5-4-6-8-14/h4-8,12,16,21H,9-11,13H2,1-3H3. The van der Waals surface area contributed by atoms with Gasteiger partial charge in [-0.15, -0.1) is 11.8 Å². The van der Waals surface area contributed by atoms with Crippen molar-refractivity contribution in [1.82, 2.24) is 5.32 Å². The fourth-order valence-electron chi connectivity index (χ4n) is 2.59. The first-order chi connectivity index (χ1) is 12.3. The number of ketones is 2. The molecule has 0 radical (unpaired) electrons. The Bertz CT molecular complexity index is 692. The summed E-state index contributed by atoms with van der Waals surface area (Å²) in [5.41, 5.74) is 0.714. The van der Waals surface area contributed by atoms with Crippen LogP contribution < -0.4 is 5.32 Å². The van der Waals surface area contributed by atoms with Crippen LogP contribution >= 0.6 is 11.8 Å². The Kier molecular flexibility index (Phi) is 7.17. The molecule has 0 saturated heterocycles. The lowest BCUT2D eigenvalue weighted by Crippen LogP contribution is -2.42. The third kappa shape index (κ3) is 6.42. The predicted octanol–water partition coefficient (Wildman–Crippen LogP) is 3.04. The summed E-state index contributed by atoms with van der Waals surface area (Å²) in [5, 5.41) is 4.73. The Morgan fingerprint density at radius 2 is 1.96 bits per heavy atom. The van der Waals surface area contributed by atoms with Crippen LogP contribution in [0.4, 0.5) is 0 Å². The third-order valence-electron chi connectivity index (χ3n) is 3.76. The number of carbonyl (C=O) groups excluding carboxylic acids is 3. The van der Waals surface area contributed by atoms with Crippen LogP contribution in [0.15, 0.2) is 41.3 Å². The fourth-order valence-corrected chi connectivity index (χ4v) is 3.28. The molecular weight excluding hydrogens is 350 g/mol. The lowest BCUT2D eigenvalue weighted by atomic mass is 9.89. The molecule has 26 heavy (non-hydrogen) atoms. The maximum atomic E-state index is 12.6. The highest BCUT2D eigenvalue weighted by Crippen LogP contribution is 2.21. The molecule has 1 aromatic carbocycles. The number of hydrogen-bond acceptors (Lipinski definition) is 6. The third-order valence-corrected chi connectivity index (χ3v) is 4.56. The van der Waals surface area contributed by atoms with Gasteiger partial charge >= 0.3 is 5.97 Å². The van der Waals surface area contributed by atoms with Gasteiger partial charge < -0.3 is 10.1 Å². The van der Waals surface area contributed by atoms with Gasteiger partial charge in [0.2, 0.25) is 0 Å². The van der Waals surface area contributed by atoms with E-state index in [1.54, 1.807) is 20.8 Å². The lowest BCUT2D eigenvalue weighted by Gasteiger charge is -2.23. The zero-order valence-electron chi connectivity index (χ0n) is 15.4. The summed E-state index contributed by atoms with van der Waals surface area (Å²) in [6.07, 6.45) is 0.829. The minimum absolute atomic E-state index is 0.0729. The van der Waals surface area contributed by atoms with Gasteiger partial charge in [0, 0.05) is 13.0 Å². The van der Waals surface area contributed by atoms with Crippen molar-refractivity contribution in [2.24, 2.45) is 0 Å². The van der Waals surface area contributed by atoms with E-state index < -0.39 is 5.60 Å².